The maximum atomic E-state index is 15.2. The molecule has 1 atom stereocenters. The zero-order valence-corrected chi connectivity index (χ0v) is 30.7. The van der Waals surface area contributed by atoms with Gasteiger partial charge in [-0.3, -0.25) is 14.5 Å². The largest absolute Gasteiger partial charge is 0.497 e. The number of nitriles is 1. The fourth-order valence-electron chi connectivity index (χ4n) is 8.60. The first kappa shape index (κ1) is 35.7. The van der Waals surface area contributed by atoms with Crippen LogP contribution in [0.4, 0.5) is 5.69 Å². The first-order valence-electron chi connectivity index (χ1n) is 17.8. The number of fused-ring (bicyclic) bond motifs is 1. The number of ether oxygens (including phenoxy) is 3. The Labute approximate surface area is 304 Å². The van der Waals surface area contributed by atoms with Crippen molar-refractivity contribution in [2.24, 2.45) is 11.3 Å². The Bertz CT molecular complexity index is 2030. The van der Waals surface area contributed by atoms with Crippen LogP contribution in [0.1, 0.15) is 56.2 Å². The average Bonchev–Trinajstić information content (AvgIpc) is 3.37. The van der Waals surface area contributed by atoms with Crippen molar-refractivity contribution >= 4 is 27.5 Å². The molecule has 3 fully saturated rings. The molecule has 7 rings (SSSR count). The number of pyridine rings is 1. The number of nitrogens with zero attached hydrogens (tertiary/aromatic N) is 5. The van der Waals surface area contributed by atoms with Crippen LogP contribution in [0.15, 0.2) is 59.6 Å². The molecule has 2 aliphatic carbocycles. The Hall–Kier alpha value is -4.71. The van der Waals surface area contributed by atoms with Crippen LogP contribution in [-0.2, 0) is 25.2 Å². The third-order valence-electron chi connectivity index (χ3n) is 11.3. The molecule has 3 aromatic rings. The van der Waals surface area contributed by atoms with Gasteiger partial charge in [-0.2, -0.15) is 9.57 Å². The van der Waals surface area contributed by atoms with Gasteiger partial charge in [-0.1, -0.05) is 6.92 Å². The first-order chi connectivity index (χ1) is 25.0. The van der Waals surface area contributed by atoms with Crippen LogP contribution in [-0.4, -0.2) is 94.6 Å². The number of methoxy groups -OCH3 is 2. The van der Waals surface area contributed by atoms with E-state index in [4.69, 9.17) is 14.2 Å². The Morgan fingerprint density at radius 2 is 1.75 bits per heavy atom. The van der Waals surface area contributed by atoms with Crippen LogP contribution in [0, 0.1) is 22.7 Å². The normalized spacial score (nSPS) is 25.8. The molecule has 13 nitrogen and oxygen atoms in total. The van der Waals surface area contributed by atoms with Crippen molar-refractivity contribution in [1.29, 1.82) is 5.26 Å². The minimum absolute atomic E-state index is 0.0106. The molecular weight excluding hydrogens is 685 g/mol. The number of piperazine rings is 1. The molecule has 0 bridgehead atoms. The number of anilines is 1. The molecule has 1 aromatic heterocycles. The van der Waals surface area contributed by atoms with Crippen LogP contribution in [0.25, 0.3) is 0 Å². The second kappa shape index (κ2) is 13.7. The molecule has 1 unspecified atom stereocenters. The lowest BCUT2D eigenvalue weighted by atomic mass is 9.49. The van der Waals surface area contributed by atoms with E-state index in [0.717, 1.165) is 45.6 Å². The van der Waals surface area contributed by atoms with Gasteiger partial charge in [-0.05, 0) is 87.0 Å². The van der Waals surface area contributed by atoms with E-state index in [1.807, 2.05) is 0 Å². The predicted molar refractivity (Wildman–Crippen MR) is 192 cm³/mol. The number of carbonyl (C=O) groups is 2. The van der Waals surface area contributed by atoms with E-state index in [-0.39, 0.29) is 62.7 Å². The quantitative estimate of drug-likeness (QED) is 0.308. The van der Waals surface area contributed by atoms with Gasteiger partial charge < -0.3 is 24.4 Å². The molecule has 3 heterocycles. The molecule has 2 amide bonds. The summed E-state index contributed by atoms with van der Waals surface area (Å²) in [4.78, 5) is 38.8. The fourth-order valence-corrected chi connectivity index (χ4v) is 10.2. The summed E-state index contributed by atoms with van der Waals surface area (Å²) in [7, 11) is -1.91. The number of amides is 2. The van der Waals surface area contributed by atoms with Gasteiger partial charge in [0.1, 0.15) is 16.4 Å². The molecule has 274 valence electrons. The Morgan fingerprint density at radius 3 is 2.40 bits per heavy atom. The maximum absolute atomic E-state index is 15.2. The smallest absolute Gasteiger partial charge is 0.276 e. The monoisotopic (exact) mass is 728 g/mol. The van der Waals surface area contributed by atoms with Gasteiger partial charge in [0, 0.05) is 56.0 Å². The van der Waals surface area contributed by atoms with Gasteiger partial charge in [0.25, 0.3) is 15.9 Å². The molecule has 52 heavy (non-hydrogen) atoms. The Kier molecular flexibility index (Phi) is 9.39. The van der Waals surface area contributed by atoms with Gasteiger partial charge in [0.05, 0.1) is 43.7 Å². The molecular formula is C38H44N6O7S. The molecule has 0 radical (unpaired) electrons. The predicted octanol–water partition coefficient (Wildman–Crippen LogP) is 3.66. The Morgan fingerprint density at radius 1 is 1.00 bits per heavy atom. The lowest BCUT2D eigenvalue weighted by molar-refractivity contribution is -0.147. The van der Waals surface area contributed by atoms with E-state index in [0.29, 0.717) is 28.9 Å². The van der Waals surface area contributed by atoms with E-state index in [1.54, 1.807) is 19.1 Å². The fraction of sp³-hybridized carbons (Fsp3) is 0.474. The summed E-state index contributed by atoms with van der Waals surface area (Å²) in [6, 6.07) is 14.3. The summed E-state index contributed by atoms with van der Waals surface area (Å²) in [5.41, 5.74) is -1.55. The molecule has 4 aliphatic rings. The van der Waals surface area contributed by atoms with Crippen LogP contribution < -0.4 is 23.8 Å². The number of nitrogens with one attached hydrogen (secondary N) is 1. The minimum atomic E-state index is -4.68. The summed E-state index contributed by atoms with van der Waals surface area (Å²) in [5.74, 6) is -1.34. The van der Waals surface area contributed by atoms with E-state index in [9.17, 15) is 18.5 Å². The van der Waals surface area contributed by atoms with Gasteiger partial charge in [0.15, 0.2) is 5.54 Å². The lowest BCUT2D eigenvalue weighted by Crippen LogP contribution is -2.63. The molecule has 2 aliphatic heterocycles. The van der Waals surface area contributed by atoms with Crippen molar-refractivity contribution in [3.63, 3.8) is 0 Å². The van der Waals surface area contributed by atoms with Gasteiger partial charge in [-0.25, -0.2) is 13.4 Å². The Balaban J connectivity index is 1.25. The number of rotatable bonds is 11. The molecule has 2 aromatic carbocycles. The molecule has 2 saturated carbocycles. The van der Waals surface area contributed by atoms with Gasteiger partial charge in [-0.15, -0.1) is 0 Å². The number of hydrogen-bond acceptors (Lipinski definition) is 11. The van der Waals surface area contributed by atoms with Crippen molar-refractivity contribution in [1.82, 2.24) is 20.1 Å². The van der Waals surface area contributed by atoms with E-state index in [2.05, 4.69) is 33.1 Å². The zero-order valence-electron chi connectivity index (χ0n) is 29.9. The van der Waals surface area contributed by atoms with Crippen molar-refractivity contribution < 1.29 is 32.2 Å². The van der Waals surface area contributed by atoms with Crippen LogP contribution in [0.2, 0.25) is 0 Å². The number of likely N-dealkylation sites (N-methyl/N-ethyl adjacent to an activating group) is 1. The van der Waals surface area contributed by atoms with E-state index in [1.165, 1.54) is 56.8 Å². The van der Waals surface area contributed by atoms with Crippen molar-refractivity contribution in [3.8, 4) is 23.4 Å². The highest BCUT2D eigenvalue weighted by Gasteiger charge is 2.61. The SMILES string of the molecule is CCOc1ncccc1C1(NC(=O)C2CC3(C2)CC(N2CCN(CC)CC2)C3)C(=O)N(S(=O)(=O)c2ccc(OC)cc2OC)c2ccc(C#N)cc21. The van der Waals surface area contributed by atoms with Gasteiger partial charge in [0.2, 0.25) is 11.8 Å². The van der Waals surface area contributed by atoms with Gasteiger partial charge >= 0.3 is 0 Å². The summed E-state index contributed by atoms with van der Waals surface area (Å²) in [5, 5.41) is 13.0. The molecule has 1 N–H and O–H groups in total. The highest BCUT2D eigenvalue weighted by Crippen LogP contribution is 2.60. The summed E-state index contributed by atoms with van der Waals surface area (Å²) in [6.45, 7) is 9.48. The first-order valence-corrected chi connectivity index (χ1v) is 19.2. The van der Waals surface area contributed by atoms with Crippen molar-refractivity contribution in [2.75, 3.05) is 57.9 Å². The lowest BCUT2D eigenvalue weighted by Gasteiger charge is -2.60. The zero-order chi connectivity index (χ0) is 36.8. The number of benzene rings is 2. The van der Waals surface area contributed by atoms with Crippen molar-refractivity contribution in [2.45, 2.75) is 56.0 Å². The second-order valence-corrected chi connectivity index (χ2v) is 15.9. The highest BCUT2D eigenvalue weighted by molar-refractivity contribution is 7.93. The van der Waals surface area contributed by atoms with Crippen LogP contribution >= 0.6 is 0 Å². The molecule has 1 spiro atoms. The average molecular weight is 729 g/mol. The minimum Gasteiger partial charge on any atom is -0.497 e. The summed E-state index contributed by atoms with van der Waals surface area (Å²) in [6.07, 6.45) is 4.92. The van der Waals surface area contributed by atoms with Crippen LogP contribution in [0.5, 0.6) is 17.4 Å². The number of carbonyl (C=O) groups excluding carboxylic acids is 2. The summed E-state index contributed by atoms with van der Waals surface area (Å²) < 4.78 is 46.6. The number of sulfonamides is 1. The van der Waals surface area contributed by atoms with Crippen molar-refractivity contribution in [3.05, 3.63) is 71.4 Å². The maximum Gasteiger partial charge on any atom is 0.276 e. The molecule has 14 heteroatoms. The van der Waals surface area contributed by atoms with E-state index < -0.39 is 21.5 Å². The topological polar surface area (TPSA) is 154 Å². The third-order valence-corrected chi connectivity index (χ3v) is 13.1. The second-order valence-electron chi connectivity index (χ2n) is 14.1. The van der Waals surface area contributed by atoms with E-state index >= 15 is 4.79 Å². The standard InChI is InChI=1S/C38H44N6O7S/c1-5-42-14-16-43(17-15-42)27-22-37(23-27)20-26(21-37)34(45)41-38(29-8-7-13-40-35(29)51-6-2)30-18-25(24-39)9-11-31(30)44(36(38)46)52(47,48)33-12-10-28(49-3)19-32(33)50-4/h7-13,18-19,26-27H,5-6,14-17,20-23H2,1-4H3,(H,41,45). The molecule has 1 saturated heterocycles. The number of aromatic nitrogens is 1. The van der Waals surface area contributed by atoms with Crippen LogP contribution in [0.3, 0.4) is 0 Å². The summed E-state index contributed by atoms with van der Waals surface area (Å²) >= 11 is 0. The number of hydrogen-bond donors (Lipinski definition) is 1. The highest BCUT2D eigenvalue weighted by atomic mass is 32.2. The third kappa shape index (κ3) is 5.75.